The molecule has 2 aromatic rings. The van der Waals surface area contributed by atoms with E-state index < -0.39 is 17.4 Å². The average molecular weight is 236 g/mol. The Balaban J connectivity index is 2.39. The number of aryl methyl sites for hydroxylation is 1. The maximum atomic E-state index is 13.4. The van der Waals surface area contributed by atoms with E-state index in [2.05, 4.69) is 5.10 Å². The Kier molecular flexibility index (Phi) is 2.99. The van der Waals surface area contributed by atoms with Crippen LogP contribution in [0.1, 0.15) is 22.8 Å². The molecule has 0 aliphatic rings. The minimum atomic E-state index is -0.736. The standard InChI is InChI=1S/C12H10F2N2O/c1-2-16-7-8(6-15-16)12(17)10-5-9(13)3-4-11(10)14/h3-7H,2H2,1H3. The van der Waals surface area contributed by atoms with Crippen molar-refractivity contribution >= 4 is 5.78 Å². The topological polar surface area (TPSA) is 34.9 Å². The van der Waals surface area contributed by atoms with Gasteiger partial charge in [0, 0.05) is 12.7 Å². The summed E-state index contributed by atoms with van der Waals surface area (Å²) in [6.07, 6.45) is 2.85. The Morgan fingerprint density at radius 3 is 2.82 bits per heavy atom. The summed E-state index contributed by atoms with van der Waals surface area (Å²) in [4.78, 5) is 11.9. The van der Waals surface area contributed by atoms with Crippen molar-refractivity contribution in [3.8, 4) is 0 Å². The largest absolute Gasteiger partial charge is 0.288 e. The molecule has 0 bridgehead atoms. The molecule has 5 heteroatoms. The molecule has 0 saturated carbocycles. The van der Waals surface area contributed by atoms with Crippen LogP contribution < -0.4 is 0 Å². The van der Waals surface area contributed by atoms with E-state index in [1.165, 1.54) is 12.4 Å². The van der Waals surface area contributed by atoms with Crippen LogP contribution in [0.3, 0.4) is 0 Å². The van der Waals surface area contributed by atoms with Crippen molar-refractivity contribution in [2.45, 2.75) is 13.5 Å². The van der Waals surface area contributed by atoms with Crippen molar-refractivity contribution in [3.05, 3.63) is 53.4 Å². The van der Waals surface area contributed by atoms with E-state index in [0.29, 0.717) is 6.54 Å². The zero-order valence-corrected chi connectivity index (χ0v) is 9.15. The van der Waals surface area contributed by atoms with Gasteiger partial charge in [-0.2, -0.15) is 5.10 Å². The lowest BCUT2D eigenvalue weighted by Crippen LogP contribution is -2.04. The average Bonchev–Trinajstić information content (AvgIpc) is 2.80. The van der Waals surface area contributed by atoms with Crippen molar-refractivity contribution in [2.24, 2.45) is 0 Å². The van der Waals surface area contributed by atoms with Crippen LogP contribution in [0, 0.1) is 11.6 Å². The predicted octanol–water partition coefficient (Wildman–Crippen LogP) is 2.41. The Morgan fingerprint density at radius 2 is 2.18 bits per heavy atom. The van der Waals surface area contributed by atoms with Crippen molar-refractivity contribution in [2.75, 3.05) is 0 Å². The molecule has 0 aliphatic carbocycles. The van der Waals surface area contributed by atoms with Crippen LogP contribution >= 0.6 is 0 Å². The highest BCUT2D eigenvalue weighted by molar-refractivity contribution is 6.08. The third kappa shape index (κ3) is 2.22. The molecule has 3 nitrogen and oxygen atoms in total. The van der Waals surface area contributed by atoms with Gasteiger partial charge in [0.2, 0.25) is 0 Å². The number of ketones is 1. The molecule has 1 heterocycles. The zero-order valence-electron chi connectivity index (χ0n) is 9.15. The van der Waals surface area contributed by atoms with E-state index in [-0.39, 0.29) is 11.1 Å². The van der Waals surface area contributed by atoms with Crippen molar-refractivity contribution < 1.29 is 13.6 Å². The predicted molar refractivity (Wildman–Crippen MR) is 57.7 cm³/mol. The van der Waals surface area contributed by atoms with Gasteiger partial charge in [0.25, 0.3) is 0 Å². The Hall–Kier alpha value is -2.04. The first-order valence-corrected chi connectivity index (χ1v) is 5.14. The smallest absolute Gasteiger partial charge is 0.199 e. The lowest BCUT2D eigenvalue weighted by atomic mass is 10.1. The van der Waals surface area contributed by atoms with E-state index >= 15 is 0 Å². The minimum Gasteiger partial charge on any atom is -0.288 e. The van der Waals surface area contributed by atoms with Crippen molar-refractivity contribution in [3.63, 3.8) is 0 Å². The molecular formula is C12H10F2N2O. The monoisotopic (exact) mass is 236 g/mol. The van der Waals surface area contributed by atoms with Crippen LogP contribution in [-0.4, -0.2) is 15.6 Å². The molecule has 1 aromatic carbocycles. The second-order valence-electron chi connectivity index (χ2n) is 3.54. The lowest BCUT2D eigenvalue weighted by molar-refractivity contribution is 0.103. The molecular weight excluding hydrogens is 226 g/mol. The van der Waals surface area contributed by atoms with E-state index in [0.717, 1.165) is 18.2 Å². The minimum absolute atomic E-state index is 0.247. The highest BCUT2D eigenvalue weighted by Crippen LogP contribution is 2.14. The molecule has 0 saturated heterocycles. The number of hydrogen-bond donors (Lipinski definition) is 0. The van der Waals surface area contributed by atoms with Gasteiger partial charge in [-0.05, 0) is 25.1 Å². The van der Waals surface area contributed by atoms with Crippen molar-refractivity contribution in [1.82, 2.24) is 9.78 Å². The van der Waals surface area contributed by atoms with Crippen LogP contribution in [0.4, 0.5) is 8.78 Å². The molecule has 88 valence electrons. The molecule has 0 fully saturated rings. The number of halogens is 2. The first kappa shape index (κ1) is 11.4. The highest BCUT2D eigenvalue weighted by Gasteiger charge is 2.16. The van der Waals surface area contributed by atoms with Gasteiger partial charge in [-0.15, -0.1) is 0 Å². The van der Waals surface area contributed by atoms with Gasteiger partial charge < -0.3 is 0 Å². The number of rotatable bonds is 3. The Morgan fingerprint density at radius 1 is 1.41 bits per heavy atom. The highest BCUT2D eigenvalue weighted by atomic mass is 19.1. The molecule has 0 N–H and O–H groups in total. The van der Waals surface area contributed by atoms with Gasteiger partial charge in [0.05, 0.1) is 17.3 Å². The van der Waals surface area contributed by atoms with E-state index in [1.807, 2.05) is 6.92 Å². The summed E-state index contributed by atoms with van der Waals surface area (Å²) in [5.74, 6) is -1.94. The number of benzene rings is 1. The van der Waals surface area contributed by atoms with Crippen molar-refractivity contribution in [1.29, 1.82) is 0 Å². The summed E-state index contributed by atoms with van der Waals surface area (Å²) in [5.41, 5.74) is -0.0306. The van der Waals surface area contributed by atoms with E-state index in [4.69, 9.17) is 0 Å². The second kappa shape index (κ2) is 4.45. The van der Waals surface area contributed by atoms with Crippen LogP contribution in [0.25, 0.3) is 0 Å². The molecule has 0 aliphatic heterocycles. The van der Waals surface area contributed by atoms with Gasteiger partial charge in [0.15, 0.2) is 5.78 Å². The third-order valence-electron chi connectivity index (χ3n) is 2.39. The Labute approximate surface area is 96.7 Å². The van der Waals surface area contributed by atoms with Crippen LogP contribution in [0.15, 0.2) is 30.6 Å². The summed E-state index contributed by atoms with van der Waals surface area (Å²) in [6.45, 7) is 2.48. The van der Waals surface area contributed by atoms with Crippen LogP contribution in [0.5, 0.6) is 0 Å². The number of nitrogens with zero attached hydrogens (tertiary/aromatic N) is 2. The lowest BCUT2D eigenvalue weighted by Gasteiger charge is -2.00. The Bertz CT molecular complexity index is 563. The maximum absolute atomic E-state index is 13.4. The molecule has 0 radical (unpaired) electrons. The fraction of sp³-hybridized carbons (Fsp3) is 0.167. The quantitative estimate of drug-likeness (QED) is 0.767. The summed E-state index contributed by atoms with van der Waals surface area (Å²) in [5, 5.41) is 3.91. The molecule has 17 heavy (non-hydrogen) atoms. The summed E-state index contributed by atoms with van der Waals surface area (Å²) in [7, 11) is 0. The summed E-state index contributed by atoms with van der Waals surface area (Å²) >= 11 is 0. The van der Waals surface area contributed by atoms with Gasteiger partial charge in [0.1, 0.15) is 11.6 Å². The molecule has 1 aromatic heterocycles. The molecule has 2 rings (SSSR count). The first-order valence-electron chi connectivity index (χ1n) is 5.14. The van der Waals surface area contributed by atoms with Crippen LogP contribution in [-0.2, 0) is 6.54 Å². The SMILES string of the molecule is CCn1cc(C(=O)c2cc(F)ccc2F)cn1. The molecule has 0 unspecified atom stereocenters. The maximum Gasteiger partial charge on any atom is 0.199 e. The first-order chi connectivity index (χ1) is 8.11. The number of carbonyl (C=O) groups excluding carboxylic acids is 1. The van der Waals surface area contributed by atoms with Gasteiger partial charge >= 0.3 is 0 Å². The third-order valence-corrected chi connectivity index (χ3v) is 2.39. The fourth-order valence-electron chi connectivity index (χ4n) is 1.48. The van der Waals surface area contributed by atoms with Gasteiger partial charge in [-0.1, -0.05) is 0 Å². The van der Waals surface area contributed by atoms with Gasteiger partial charge in [-0.25, -0.2) is 8.78 Å². The number of hydrogen-bond acceptors (Lipinski definition) is 2. The summed E-state index contributed by atoms with van der Waals surface area (Å²) < 4.78 is 27.9. The number of aromatic nitrogens is 2. The summed E-state index contributed by atoms with van der Waals surface area (Å²) in [6, 6.07) is 2.80. The second-order valence-corrected chi connectivity index (χ2v) is 3.54. The van der Waals surface area contributed by atoms with E-state index in [9.17, 15) is 13.6 Å². The van der Waals surface area contributed by atoms with Gasteiger partial charge in [-0.3, -0.25) is 9.48 Å². The van der Waals surface area contributed by atoms with E-state index in [1.54, 1.807) is 4.68 Å². The molecule has 0 amide bonds. The fourth-order valence-corrected chi connectivity index (χ4v) is 1.48. The zero-order chi connectivity index (χ0) is 12.4. The van der Waals surface area contributed by atoms with Crippen LogP contribution in [0.2, 0.25) is 0 Å². The number of carbonyl (C=O) groups is 1. The normalized spacial score (nSPS) is 10.5. The molecule has 0 spiro atoms. The molecule has 0 atom stereocenters.